The van der Waals surface area contributed by atoms with E-state index in [-0.39, 0.29) is 0 Å². The van der Waals surface area contributed by atoms with Crippen molar-refractivity contribution in [2.24, 2.45) is 0 Å². The number of pyridine rings is 1. The van der Waals surface area contributed by atoms with Gasteiger partial charge in [-0.25, -0.2) is 4.98 Å². The summed E-state index contributed by atoms with van der Waals surface area (Å²) < 4.78 is 0. The molecule has 21 heavy (non-hydrogen) atoms. The second kappa shape index (κ2) is 5.64. The molecular weight excluding hydrogens is 254 g/mol. The van der Waals surface area contributed by atoms with Crippen LogP contribution in [-0.2, 0) is 0 Å². The lowest BCUT2D eigenvalue weighted by atomic mass is 9.99. The quantitative estimate of drug-likeness (QED) is 0.614. The zero-order chi connectivity index (χ0) is 14.7. The first-order valence-corrected chi connectivity index (χ1v) is 6.88. The van der Waals surface area contributed by atoms with Crippen molar-refractivity contribution in [2.45, 2.75) is 6.92 Å². The van der Waals surface area contributed by atoms with Crippen molar-refractivity contribution in [3.8, 4) is 34.9 Å². The first-order valence-electron chi connectivity index (χ1n) is 6.88. The van der Waals surface area contributed by atoms with Gasteiger partial charge >= 0.3 is 0 Å². The molecule has 0 saturated heterocycles. The Morgan fingerprint density at radius 3 is 2.00 bits per heavy atom. The second-order valence-electron chi connectivity index (χ2n) is 4.92. The Kier molecular flexibility index (Phi) is 3.53. The summed E-state index contributed by atoms with van der Waals surface area (Å²) in [5.74, 6) is 2.78. The molecule has 0 unspecified atom stereocenters. The highest BCUT2D eigenvalue weighted by Crippen LogP contribution is 2.28. The fraction of sp³-hybridized carbons (Fsp3) is 0.0500. The number of rotatable bonds is 2. The van der Waals surface area contributed by atoms with E-state index in [0.717, 1.165) is 33.6 Å². The Hall–Kier alpha value is -2.85. The Morgan fingerprint density at radius 2 is 1.43 bits per heavy atom. The van der Waals surface area contributed by atoms with Gasteiger partial charge in [-0.05, 0) is 18.6 Å². The summed E-state index contributed by atoms with van der Waals surface area (Å²) >= 11 is 0. The number of hydrogen-bond acceptors (Lipinski definition) is 1. The van der Waals surface area contributed by atoms with Gasteiger partial charge in [-0.2, -0.15) is 0 Å². The molecule has 0 bridgehead atoms. The van der Waals surface area contributed by atoms with Gasteiger partial charge in [0, 0.05) is 11.1 Å². The molecule has 100 valence electrons. The van der Waals surface area contributed by atoms with E-state index in [2.05, 4.69) is 24.1 Å². The van der Waals surface area contributed by atoms with Crippen molar-refractivity contribution >= 4 is 0 Å². The first kappa shape index (κ1) is 13.1. The van der Waals surface area contributed by atoms with Crippen molar-refractivity contribution in [3.05, 3.63) is 77.9 Å². The lowest BCUT2D eigenvalue weighted by molar-refractivity contribution is 1.27. The maximum Gasteiger partial charge on any atom is 0.0868 e. The zero-order valence-electron chi connectivity index (χ0n) is 11.9. The predicted octanol–water partition coefficient (Wildman–Crippen LogP) is 4.71. The number of aromatic nitrogens is 1. The van der Waals surface area contributed by atoms with Gasteiger partial charge in [0.25, 0.3) is 0 Å². The number of nitrogens with zero attached hydrogens (tertiary/aromatic N) is 1. The van der Waals surface area contributed by atoms with Crippen LogP contribution in [0, 0.1) is 19.3 Å². The van der Waals surface area contributed by atoms with Gasteiger partial charge in [0.15, 0.2) is 0 Å². The highest BCUT2D eigenvalue weighted by Gasteiger charge is 2.11. The molecule has 0 N–H and O–H groups in total. The van der Waals surface area contributed by atoms with Crippen LogP contribution in [-0.4, -0.2) is 4.98 Å². The van der Waals surface area contributed by atoms with E-state index in [1.807, 2.05) is 55.5 Å². The van der Waals surface area contributed by atoms with Gasteiger partial charge in [0.2, 0.25) is 0 Å². The van der Waals surface area contributed by atoms with Crippen LogP contribution in [0.25, 0.3) is 22.5 Å². The fourth-order valence-corrected chi connectivity index (χ4v) is 2.42. The smallest absolute Gasteiger partial charge is 0.0868 e. The van der Waals surface area contributed by atoms with Crippen molar-refractivity contribution in [1.29, 1.82) is 0 Å². The third kappa shape index (κ3) is 2.57. The number of terminal acetylenes is 1. The third-order valence-corrected chi connectivity index (χ3v) is 3.48. The molecule has 0 aliphatic heterocycles. The van der Waals surface area contributed by atoms with Crippen LogP contribution in [0.5, 0.6) is 0 Å². The van der Waals surface area contributed by atoms with Crippen LogP contribution >= 0.6 is 0 Å². The van der Waals surface area contributed by atoms with E-state index in [1.54, 1.807) is 0 Å². The van der Waals surface area contributed by atoms with Crippen LogP contribution in [0.15, 0.2) is 66.7 Å². The molecule has 0 amide bonds. The van der Waals surface area contributed by atoms with Crippen LogP contribution < -0.4 is 0 Å². The molecule has 1 heteroatoms. The highest BCUT2D eigenvalue weighted by atomic mass is 14.7. The van der Waals surface area contributed by atoms with Crippen molar-refractivity contribution in [2.75, 3.05) is 0 Å². The monoisotopic (exact) mass is 269 g/mol. The van der Waals surface area contributed by atoms with E-state index < -0.39 is 0 Å². The fourth-order valence-electron chi connectivity index (χ4n) is 2.42. The van der Waals surface area contributed by atoms with Gasteiger partial charge in [0.05, 0.1) is 17.0 Å². The lowest BCUT2D eigenvalue weighted by Gasteiger charge is -2.11. The molecule has 0 radical (unpaired) electrons. The minimum atomic E-state index is 0.862. The molecule has 1 heterocycles. The highest BCUT2D eigenvalue weighted by molar-refractivity contribution is 5.73. The van der Waals surface area contributed by atoms with Gasteiger partial charge in [0.1, 0.15) is 0 Å². The van der Waals surface area contributed by atoms with Crippen LogP contribution in [0.1, 0.15) is 11.1 Å². The summed E-state index contributed by atoms with van der Waals surface area (Å²) in [6, 6.07) is 22.3. The maximum absolute atomic E-state index is 5.69. The van der Waals surface area contributed by atoms with Crippen molar-refractivity contribution < 1.29 is 0 Å². The number of aryl methyl sites for hydroxylation is 1. The normalized spacial score (nSPS) is 10.1. The van der Waals surface area contributed by atoms with E-state index >= 15 is 0 Å². The van der Waals surface area contributed by atoms with E-state index in [0.29, 0.717) is 0 Å². The van der Waals surface area contributed by atoms with Crippen LogP contribution in [0.4, 0.5) is 0 Å². The molecule has 2 aromatic carbocycles. The Bertz CT molecular complexity index is 796. The van der Waals surface area contributed by atoms with E-state index in [1.165, 1.54) is 0 Å². The Labute approximate surface area is 125 Å². The minimum Gasteiger partial charge on any atom is -0.246 e. The lowest BCUT2D eigenvalue weighted by Crippen LogP contribution is -1.96. The van der Waals surface area contributed by atoms with E-state index in [9.17, 15) is 0 Å². The van der Waals surface area contributed by atoms with Gasteiger partial charge in [-0.1, -0.05) is 66.6 Å². The molecule has 0 aliphatic carbocycles. The van der Waals surface area contributed by atoms with Crippen LogP contribution in [0.2, 0.25) is 0 Å². The zero-order valence-corrected chi connectivity index (χ0v) is 11.9. The second-order valence-corrected chi connectivity index (χ2v) is 4.92. The molecule has 3 rings (SSSR count). The van der Waals surface area contributed by atoms with Gasteiger partial charge in [-0.3, -0.25) is 0 Å². The average molecular weight is 269 g/mol. The molecule has 1 nitrogen and oxygen atoms in total. The molecule has 0 fully saturated rings. The summed E-state index contributed by atoms with van der Waals surface area (Å²) in [5, 5.41) is 0. The van der Waals surface area contributed by atoms with Gasteiger partial charge < -0.3 is 0 Å². The summed E-state index contributed by atoms with van der Waals surface area (Å²) in [6.07, 6.45) is 5.69. The molecular formula is C20H15N. The molecule has 0 saturated carbocycles. The number of benzene rings is 2. The summed E-state index contributed by atoms with van der Waals surface area (Å²) in [7, 11) is 0. The molecule has 0 aliphatic rings. The maximum atomic E-state index is 5.69. The molecule has 3 aromatic rings. The topological polar surface area (TPSA) is 12.9 Å². The molecule has 0 spiro atoms. The molecule has 1 aromatic heterocycles. The third-order valence-electron chi connectivity index (χ3n) is 3.48. The minimum absolute atomic E-state index is 0.862. The summed E-state index contributed by atoms with van der Waals surface area (Å²) in [5.41, 5.74) is 5.90. The Morgan fingerprint density at radius 1 is 0.857 bits per heavy atom. The molecule has 0 atom stereocenters. The Balaban J connectivity index is 2.24. The van der Waals surface area contributed by atoms with Crippen molar-refractivity contribution in [3.63, 3.8) is 0 Å². The average Bonchev–Trinajstić information content (AvgIpc) is 2.55. The van der Waals surface area contributed by atoms with Crippen LogP contribution in [0.3, 0.4) is 0 Å². The first-order chi connectivity index (χ1) is 10.3. The predicted molar refractivity (Wildman–Crippen MR) is 87.8 cm³/mol. The van der Waals surface area contributed by atoms with E-state index in [4.69, 9.17) is 11.4 Å². The summed E-state index contributed by atoms with van der Waals surface area (Å²) in [4.78, 5) is 4.80. The largest absolute Gasteiger partial charge is 0.246 e. The number of hydrogen-bond donors (Lipinski definition) is 0. The van der Waals surface area contributed by atoms with Crippen molar-refractivity contribution in [1.82, 2.24) is 4.98 Å². The standard InChI is InChI=1S/C20H15N/c1-3-18-15(2)14-19(16-10-6-4-7-11-16)21-20(18)17-12-8-5-9-13-17/h1,4-14H,2H3. The summed E-state index contributed by atoms with van der Waals surface area (Å²) in [6.45, 7) is 2.04. The SMILES string of the molecule is C#Cc1c(C)cc(-c2ccccc2)nc1-c1ccccc1. The van der Waals surface area contributed by atoms with Gasteiger partial charge in [-0.15, -0.1) is 6.42 Å².